The maximum atomic E-state index is 8.78. The minimum Gasteiger partial charge on any atom is -0.395 e. The van der Waals surface area contributed by atoms with E-state index in [1.165, 1.54) is 12.5 Å². The predicted octanol–water partition coefficient (Wildman–Crippen LogP) is 1.14. The second kappa shape index (κ2) is 4.31. The summed E-state index contributed by atoms with van der Waals surface area (Å²) in [6.07, 6.45) is 3.01. The summed E-state index contributed by atoms with van der Waals surface area (Å²) in [7, 11) is 0. The molecule has 0 aromatic carbocycles. The number of nitrogens with zero attached hydrogens (tertiary/aromatic N) is 3. The van der Waals surface area contributed by atoms with Gasteiger partial charge in [0.2, 0.25) is 0 Å². The summed E-state index contributed by atoms with van der Waals surface area (Å²) >= 11 is 0. The number of aromatic nitrogens is 2. The van der Waals surface area contributed by atoms with E-state index in [-0.39, 0.29) is 0 Å². The average molecular weight is 215 g/mol. The molecule has 2 aromatic heterocycles. The van der Waals surface area contributed by atoms with Crippen LogP contribution in [0, 0.1) is 11.3 Å². The van der Waals surface area contributed by atoms with Crippen molar-refractivity contribution in [3.63, 3.8) is 0 Å². The van der Waals surface area contributed by atoms with Gasteiger partial charge in [-0.3, -0.25) is 0 Å². The Hall–Kier alpha value is -2.55. The Kier molecular flexibility index (Phi) is 2.69. The van der Waals surface area contributed by atoms with E-state index >= 15 is 0 Å². The number of pyridine rings is 1. The third-order valence-electron chi connectivity index (χ3n) is 2.04. The van der Waals surface area contributed by atoms with E-state index in [0.717, 1.165) is 5.69 Å². The van der Waals surface area contributed by atoms with Crippen LogP contribution in [-0.2, 0) is 6.54 Å². The van der Waals surface area contributed by atoms with E-state index in [4.69, 9.17) is 11.0 Å². The van der Waals surface area contributed by atoms with Gasteiger partial charge in [0, 0.05) is 12.3 Å². The zero-order chi connectivity index (χ0) is 11.4. The van der Waals surface area contributed by atoms with Gasteiger partial charge in [0.05, 0.1) is 17.8 Å². The Bertz CT molecular complexity index is 515. The molecule has 16 heavy (non-hydrogen) atoms. The molecule has 80 valence electrons. The summed E-state index contributed by atoms with van der Waals surface area (Å²) in [5.74, 6) is 0.474. The number of rotatable bonds is 3. The molecule has 0 amide bonds. The van der Waals surface area contributed by atoms with Gasteiger partial charge in [0.25, 0.3) is 0 Å². The molecule has 0 saturated carbocycles. The van der Waals surface area contributed by atoms with Crippen molar-refractivity contribution in [2.24, 2.45) is 0 Å². The fraction of sp³-hybridized carbons (Fsp3) is 0.100. The van der Waals surface area contributed by atoms with Gasteiger partial charge in [-0.15, -0.1) is 0 Å². The molecule has 0 fully saturated rings. The lowest BCUT2D eigenvalue weighted by atomic mass is 10.2. The van der Waals surface area contributed by atoms with Crippen molar-refractivity contribution in [1.29, 1.82) is 5.26 Å². The summed E-state index contributed by atoms with van der Waals surface area (Å²) in [6, 6.07) is 5.29. The summed E-state index contributed by atoms with van der Waals surface area (Å²) < 4.78 is 4.68. The van der Waals surface area contributed by atoms with Crippen LogP contribution in [0.25, 0.3) is 0 Å². The summed E-state index contributed by atoms with van der Waals surface area (Å²) in [5.41, 5.74) is 7.22. The second-order valence-corrected chi connectivity index (χ2v) is 3.08. The van der Waals surface area contributed by atoms with Crippen molar-refractivity contribution in [2.75, 3.05) is 11.1 Å². The van der Waals surface area contributed by atoms with Crippen LogP contribution in [-0.4, -0.2) is 10.1 Å². The fourth-order valence-electron chi connectivity index (χ4n) is 1.21. The van der Waals surface area contributed by atoms with Crippen LogP contribution in [0.15, 0.2) is 29.1 Å². The molecule has 6 nitrogen and oxygen atoms in total. The molecule has 2 aromatic rings. The van der Waals surface area contributed by atoms with Crippen LogP contribution in [0.4, 0.5) is 11.5 Å². The number of nitrogens with one attached hydrogen (secondary N) is 1. The highest BCUT2D eigenvalue weighted by Crippen LogP contribution is 2.19. The average Bonchev–Trinajstić information content (AvgIpc) is 2.81. The van der Waals surface area contributed by atoms with Crippen molar-refractivity contribution in [1.82, 2.24) is 10.1 Å². The van der Waals surface area contributed by atoms with E-state index in [9.17, 15) is 0 Å². The third-order valence-corrected chi connectivity index (χ3v) is 2.04. The molecule has 6 heteroatoms. The number of nitrogen functional groups attached to an aromatic ring is 1. The maximum Gasteiger partial charge on any atom is 0.150 e. The highest BCUT2D eigenvalue weighted by atomic mass is 16.5. The van der Waals surface area contributed by atoms with Crippen LogP contribution in [0.1, 0.15) is 11.3 Å². The number of anilines is 2. The molecule has 0 radical (unpaired) electrons. The zero-order valence-corrected chi connectivity index (χ0v) is 8.34. The van der Waals surface area contributed by atoms with Crippen LogP contribution >= 0.6 is 0 Å². The van der Waals surface area contributed by atoms with Crippen molar-refractivity contribution in [2.45, 2.75) is 6.54 Å². The van der Waals surface area contributed by atoms with E-state index < -0.39 is 0 Å². The number of hydrogen-bond acceptors (Lipinski definition) is 6. The Morgan fingerprint density at radius 3 is 3.06 bits per heavy atom. The molecule has 3 N–H and O–H groups in total. The smallest absolute Gasteiger partial charge is 0.150 e. The van der Waals surface area contributed by atoms with Crippen molar-refractivity contribution in [3.05, 3.63) is 35.9 Å². The summed E-state index contributed by atoms with van der Waals surface area (Å²) in [4.78, 5) is 4.04. The van der Waals surface area contributed by atoms with E-state index in [2.05, 4.69) is 20.0 Å². The molecular weight excluding hydrogens is 206 g/mol. The van der Waals surface area contributed by atoms with Crippen LogP contribution < -0.4 is 11.1 Å². The van der Waals surface area contributed by atoms with Gasteiger partial charge in [-0.05, 0) is 6.07 Å². The lowest BCUT2D eigenvalue weighted by Gasteiger charge is -2.06. The van der Waals surface area contributed by atoms with Crippen LogP contribution in [0.2, 0.25) is 0 Å². The zero-order valence-electron chi connectivity index (χ0n) is 8.34. The third kappa shape index (κ3) is 1.93. The minimum atomic E-state index is 0.341. The normalized spacial score (nSPS) is 9.69. The maximum absolute atomic E-state index is 8.78. The fourth-order valence-corrected chi connectivity index (χ4v) is 1.21. The molecule has 0 aliphatic heterocycles. The number of nitrogens with two attached hydrogens (primary N) is 1. The van der Waals surface area contributed by atoms with E-state index in [1.54, 1.807) is 12.1 Å². The van der Waals surface area contributed by atoms with Gasteiger partial charge < -0.3 is 15.6 Å². The second-order valence-electron chi connectivity index (χ2n) is 3.08. The molecular formula is C10H9N5O. The molecule has 0 aliphatic carbocycles. The first-order valence-corrected chi connectivity index (χ1v) is 4.59. The Morgan fingerprint density at radius 1 is 1.50 bits per heavy atom. The van der Waals surface area contributed by atoms with Crippen LogP contribution in [0.5, 0.6) is 0 Å². The molecule has 0 saturated heterocycles. The summed E-state index contributed by atoms with van der Waals surface area (Å²) in [6.45, 7) is 0.447. The minimum absolute atomic E-state index is 0.341. The molecule has 0 atom stereocenters. The van der Waals surface area contributed by atoms with Gasteiger partial charge in [-0.2, -0.15) is 5.26 Å². The number of hydrogen-bond donors (Lipinski definition) is 2. The first kappa shape index (κ1) is 9.98. The van der Waals surface area contributed by atoms with Gasteiger partial charge in [0.15, 0.2) is 5.82 Å². The largest absolute Gasteiger partial charge is 0.395 e. The van der Waals surface area contributed by atoms with E-state index in [1.807, 2.05) is 6.07 Å². The SMILES string of the molecule is N#Cc1ccnc(NCc2ccon2)c1N. The molecule has 0 unspecified atom stereocenters. The first-order valence-electron chi connectivity index (χ1n) is 4.59. The highest BCUT2D eigenvalue weighted by Gasteiger charge is 2.05. The lowest BCUT2D eigenvalue weighted by Crippen LogP contribution is -2.05. The standard InChI is InChI=1S/C10H9N5O/c11-5-7-1-3-13-10(9(7)12)14-6-8-2-4-16-15-8/h1-4H,6,12H2,(H,13,14). The Morgan fingerprint density at radius 2 is 2.38 bits per heavy atom. The van der Waals surface area contributed by atoms with Crippen molar-refractivity contribution < 1.29 is 4.52 Å². The quantitative estimate of drug-likeness (QED) is 0.796. The van der Waals surface area contributed by atoms with Crippen molar-refractivity contribution >= 4 is 11.5 Å². The Labute approximate surface area is 91.7 Å². The summed E-state index contributed by atoms with van der Waals surface area (Å²) in [5, 5.41) is 15.5. The Balaban J connectivity index is 2.13. The molecule has 2 rings (SSSR count). The topological polar surface area (TPSA) is 101 Å². The van der Waals surface area contributed by atoms with Crippen LogP contribution in [0.3, 0.4) is 0 Å². The molecule has 2 heterocycles. The van der Waals surface area contributed by atoms with Crippen molar-refractivity contribution in [3.8, 4) is 6.07 Å². The molecule has 0 bridgehead atoms. The van der Waals surface area contributed by atoms with Gasteiger partial charge in [-0.25, -0.2) is 4.98 Å². The van der Waals surface area contributed by atoms with Gasteiger partial charge >= 0.3 is 0 Å². The lowest BCUT2D eigenvalue weighted by molar-refractivity contribution is 0.412. The van der Waals surface area contributed by atoms with Gasteiger partial charge in [0.1, 0.15) is 18.0 Å². The first-order chi connectivity index (χ1) is 7.81. The monoisotopic (exact) mass is 215 g/mol. The highest BCUT2D eigenvalue weighted by molar-refractivity contribution is 5.68. The van der Waals surface area contributed by atoms with E-state index in [0.29, 0.717) is 23.6 Å². The molecule has 0 spiro atoms. The van der Waals surface area contributed by atoms with Gasteiger partial charge in [-0.1, -0.05) is 5.16 Å². The predicted molar refractivity (Wildman–Crippen MR) is 57.2 cm³/mol. The molecule has 0 aliphatic rings. The number of nitriles is 1.